The lowest BCUT2D eigenvalue weighted by atomic mass is 10.1. The Labute approximate surface area is 124 Å². The van der Waals surface area contributed by atoms with Gasteiger partial charge in [-0.3, -0.25) is 5.41 Å². The van der Waals surface area contributed by atoms with Crippen LogP contribution >= 0.6 is 28.3 Å². The van der Waals surface area contributed by atoms with Gasteiger partial charge >= 0.3 is 0 Å². The van der Waals surface area contributed by atoms with Crippen molar-refractivity contribution in [2.45, 2.75) is 0 Å². The highest BCUT2D eigenvalue weighted by molar-refractivity contribution is 9.10. The number of hydrogen-bond donors (Lipinski definition) is 2. The van der Waals surface area contributed by atoms with Crippen LogP contribution in [0.15, 0.2) is 46.9 Å². The molecule has 0 amide bonds. The third-order valence-corrected chi connectivity index (χ3v) is 2.81. The van der Waals surface area contributed by atoms with Crippen LogP contribution < -0.4 is 10.5 Å². The van der Waals surface area contributed by atoms with Crippen LogP contribution in [0.1, 0.15) is 5.56 Å². The first-order valence-electron chi connectivity index (χ1n) is 5.14. The second-order valence-corrected chi connectivity index (χ2v) is 4.50. The van der Waals surface area contributed by atoms with E-state index in [4.69, 9.17) is 15.9 Å². The molecule has 0 aliphatic rings. The molecule has 0 heterocycles. The Balaban J connectivity index is 0.00000180. The van der Waals surface area contributed by atoms with E-state index in [0.29, 0.717) is 5.75 Å². The highest BCUT2D eigenvalue weighted by Crippen LogP contribution is 2.27. The molecular formula is C13H11BrClFN2O. The average Bonchev–Trinajstić information content (AvgIpc) is 2.32. The summed E-state index contributed by atoms with van der Waals surface area (Å²) in [5.74, 6) is -0.159. The molecule has 0 saturated carbocycles. The lowest BCUT2D eigenvalue weighted by Crippen LogP contribution is -2.14. The number of nitrogens with two attached hydrogens (primary N) is 1. The second-order valence-electron chi connectivity index (χ2n) is 3.58. The van der Waals surface area contributed by atoms with E-state index in [-0.39, 0.29) is 29.6 Å². The monoisotopic (exact) mass is 344 g/mol. The summed E-state index contributed by atoms with van der Waals surface area (Å²) in [7, 11) is 0. The summed E-state index contributed by atoms with van der Waals surface area (Å²) in [5.41, 5.74) is 5.32. The topological polar surface area (TPSA) is 59.1 Å². The van der Waals surface area contributed by atoms with Crippen molar-refractivity contribution in [3.63, 3.8) is 0 Å². The summed E-state index contributed by atoms with van der Waals surface area (Å²) in [5, 5.41) is 7.37. The third kappa shape index (κ3) is 3.68. The molecule has 2 aromatic rings. The fourth-order valence-electron chi connectivity index (χ4n) is 1.48. The predicted octanol–water partition coefficient (Wildman–Crippen LogP) is 4.09. The number of benzene rings is 2. The molecule has 2 aromatic carbocycles. The van der Waals surface area contributed by atoms with Crippen molar-refractivity contribution >= 4 is 34.2 Å². The number of nitrogen functional groups attached to an aromatic ring is 1. The van der Waals surface area contributed by atoms with Gasteiger partial charge < -0.3 is 10.5 Å². The van der Waals surface area contributed by atoms with Gasteiger partial charge in [0.1, 0.15) is 23.2 Å². The Hall–Kier alpha value is -1.59. The second kappa shape index (κ2) is 6.54. The maximum atomic E-state index is 13.6. The minimum Gasteiger partial charge on any atom is -0.456 e. The molecule has 0 aliphatic carbocycles. The standard InChI is InChI=1S/C13H10BrFN2O.ClH/c14-8-4-6-9(7-5-8)18-11-3-1-2-10(15)12(11)13(16)17;/h1-7H,(H3,16,17);1H. The Bertz CT molecular complexity index is 590. The lowest BCUT2D eigenvalue weighted by Gasteiger charge is -2.10. The fourth-order valence-corrected chi connectivity index (χ4v) is 1.74. The highest BCUT2D eigenvalue weighted by Gasteiger charge is 2.13. The van der Waals surface area contributed by atoms with Crippen molar-refractivity contribution in [3.05, 3.63) is 58.3 Å². The quantitative estimate of drug-likeness (QED) is 0.650. The Morgan fingerprint density at radius 3 is 2.37 bits per heavy atom. The van der Waals surface area contributed by atoms with Crippen LogP contribution in [-0.2, 0) is 0 Å². The van der Waals surface area contributed by atoms with Gasteiger partial charge in [-0.05, 0) is 36.4 Å². The molecule has 3 nitrogen and oxygen atoms in total. The molecule has 0 atom stereocenters. The average molecular weight is 346 g/mol. The maximum Gasteiger partial charge on any atom is 0.141 e. The van der Waals surface area contributed by atoms with Gasteiger partial charge in [0, 0.05) is 4.47 Å². The van der Waals surface area contributed by atoms with Gasteiger partial charge in [-0.25, -0.2) is 4.39 Å². The van der Waals surface area contributed by atoms with Crippen LogP contribution in [0.5, 0.6) is 11.5 Å². The van der Waals surface area contributed by atoms with Crippen molar-refractivity contribution in [3.8, 4) is 11.5 Å². The summed E-state index contributed by atoms with van der Waals surface area (Å²) in [6, 6.07) is 11.4. The van der Waals surface area contributed by atoms with E-state index in [1.54, 1.807) is 18.2 Å². The van der Waals surface area contributed by atoms with E-state index in [0.717, 1.165) is 4.47 Å². The first-order valence-corrected chi connectivity index (χ1v) is 5.93. The first-order chi connectivity index (χ1) is 8.58. The van der Waals surface area contributed by atoms with Crippen molar-refractivity contribution in [1.82, 2.24) is 0 Å². The largest absolute Gasteiger partial charge is 0.456 e. The number of amidine groups is 1. The van der Waals surface area contributed by atoms with E-state index >= 15 is 0 Å². The fraction of sp³-hybridized carbons (Fsp3) is 0. The van der Waals surface area contributed by atoms with Crippen molar-refractivity contribution < 1.29 is 9.13 Å². The molecule has 0 unspecified atom stereocenters. The van der Waals surface area contributed by atoms with E-state index in [1.807, 2.05) is 12.1 Å². The van der Waals surface area contributed by atoms with Gasteiger partial charge in [-0.2, -0.15) is 0 Å². The number of hydrogen-bond acceptors (Lipinski definition) is 2. The zero-order valence-corrected chi connectivity index (χ0v) is 12.1. The van der Waals surface area contributed by atoms with Gasteiger partial charge in [0.05, 0.1) is 5.56 Å². The molecular weight excluding hydrogens is 335 g/mol. The zero-order valence-electron chi connectivity index (χ0n) is 9.69. The number of rotatable bonds is 3. The van der Waals surface area contributed by atoms with Gasteiger partial charge in [-0.15, -0.1) is 12.4 Å². The maximum absolute atomic E-state index is 13.6. The molecule has 0 aromatic heterocycles. The van der Waals surface area contributed by atoms with Gasteiger partial charge in [0.2, 0.25) is 0 Å². The van der Waals surface area contributed by atoms with E-state index < -0.39 is 5.82 Å². The highest BCUT2D eigenvalue weighted by atomic mass is 79.9. The molecule has 0 bridgehead atoms. The smallest absolute Gasteiger partial charge is 0.141 e. The zero-order chi connectivity index (χ0) is 13.1. The van der Waals surface area contributed by atoms with E-state index in [1.165, 1.54) is 12.1 Å². The molecule has 0 saturated heterocycles. The van der Waals surface area contributed by atoms with Crippen LogP contribution in [-0.4, -0.2) is 5.84 Å². The Kier molecular flexibility index (Phi) is 5.32. The van der Waals surface area contributed by atoms with Gasteiger partial charge in [0.15, 0.2) is 0 Å². The Morgan fingerprint density at radius 1 is 1.16 bits per heavy atom. The van der Waals surface area contributed by atoms with E-state index in [9.17, 15) is 4.39 Å². The number of nitrogens with one attached hydrogen (secondary N) is 1. The normalized spacial score (nSPS) is 9.58. The summed E-state index contributed by atoms with van der Waals surface area (Å²) >= 11 is 3.31. The minimum absolute atomic E-state index is 0. The summed E-state index contributed by atoms with van der Waals surface area (Å²) in [6.07, 6.45) is 0. The summed E-state index contributed by atoms with van der Waals surface area (Å²) < 4.78 is 20.0. The number of halogens is 3. The van der Waals surface area contributed by atoms with Crippen LogP contribution in [0.25, 0.3) is 0 Å². The van der Waals surface area contributed by atoms with Crippen LogP contribution in [0, 0.1) is 11.2 Å². The molecule has 2 rings (SSSR count). The molecule has 0 fully saturated rings. The molecule has 0 spiro atoms. The predicted molar refractivity (Wildman–Crippen MR) is 78.9 cm³/mol. The Morgan fingerprint density at radius 2 is 1.79 bits per heavy atom. The number of ether oxygens (including phenoxy) is 1. The van der Waals surface area contributed by atoms with Gasteiger partial charge in [-0.1, -0.05) is 22.0 Å². The van der Waals surface area contributed by atoms with Crippen LogP contribution in [0.3, 0.4) is 0 Å². The molecule has 100 valence electrons. The molecule has 0 radical (unpaired) electrons. The molecule has 3 N–H and O–H groups in total. The molecule has 19 heavy (non-hydrogen) atoms. The molecule has 6 heteroatoms. The molecule has 0 aliphatic heterocycles. The first kappa shape index (κ1) is 15.5. The van der Waals surface area contributed by atoms with Crippen molar-refractivity contribution in [1.29, 1.82) is 5.41 Å². The SMILES string of the molecule is Cl.N=C(N)c1c(F)cccc1Oc1ccc(Br)cc1. The lowest BCUT2D eigenvalue weighted by molar-refractivity contribution is 0.475. The van der Waals surface area contributed by atoms with Gasteiger partial charge in [0.25, 0.3) is 0 Å². The summed E-state index contributed by atoms with van der Waals surface area (Å²) in [6.45, 7) is 0. The van der Waals surface area contributed by atoms with Crippen LogP contribution in [0.2, 0.25) is 0 Å². The third-order valence-electron chi connectivity index (χ3n) is 2.29. The van der Waals surface area contributed by atoms with E-state index in [2.05, 4.69) is 15.9 Å². The summed E-state index contributed by atoms with van der Waals surface area (Å²) in [4.78, 5) is 0. The minimum atomic E-state index is -0.572. The van der Waals surface area contributed by atoms with Crippen LogP contribution in [0.4, 0.5) is 4.39 Å². The van der Waals surface area contributed by atoms with Crippen molar-refractivity contribution in [2.24, 2.45) is 5.73 Å². The van der Waals surface area contributed by atoms with Crippen molar-refractivity contribution in [2.75, 3.05) is 0 Å².